The third-order valence-electron chi connectivity index (χ3n) is 5.49. The Bertz CT molecular complexity index is 1240. The number of hydrogen-bond acceptors (Lipinski definition) is 6. The molecule has 3 heterocycles. The molecular formula is C24H25N7O. The van der Waals surface area contributed by atoms with Crippen molar-refractivity contribution in [1.29, 1.82) is 0 Å². The number of anilines is 1. The fourth-order valence-corrected chi connectivity index (χ4v) is 3.69. The highest BCUT2D eigenvalue weighted by Gasteiger charge is 2.24. The number of carbonyl (C=O) groups is 1. The van der Waals surface area contributed by atoms with E-state index in [9.17, 15) is 4.79 Å². The minimum atomic E-state index is -0.0239. The van der Waals surface area contributed by atoms with E-state index in [0.29, 0.717) is 24.0 Å². The summed E-state index contributed by atoms with van der Waals surface area (Å²) >= 11 is 0. The summed E-state index contributed by atoms with van der Waals surface area (Å²) in [6, 6.07) is 12.0. The van der Waals surface area contributed by atoms with Crippen molar-refractivity contribution in [3.63, 3.8) is 0 Å². The first-order valence-electron chi connectivity index (χ1n) is 10.9. The lowest BCUT2D eigenvalue weighted by Gasteiger charge is -2.13. The van der Waals surface area contributed by atoms with E-state index in [0.717, 1.165) is 41.0 Å². The molecule has 1 amide bonds. The second-order valence-electron chi connectivity index (χ2n) is 8.33. The van der Waals surface area contributed by atoms with Crippen LogP contribution in [0.3, 0.4) is 0 Å². The van der Waals surface area contributed by atoms with Crippen LogP contribution in [0.4, 0.5) is 5.82 Å². The molecule has 0 bridgehead atoms. The van der Waals surface area contributed by atoms with Gasteiger partial charge in [0.25, 0.3) is 5.91 Å². The summed E-state index contributed by atoms with van der Waals surface area (Å²) < 4.78 is 2.10. The third kappa shape index (κ3) is 4.03. The van der Waals surface area contributed by atoms with Gasteiger partial charge in [0.1, 0.15) is 12.2 Å². The standard InChI is InChI=1S/C24H25N7O/c1-15(2)31-22(17-5-7-18(8-6-17)24(32)29-19-9-10-19)30-20-21(27-14-28-23(20)31)26-13-16-4-3-11-25-12-16/h3-8,11-12,14-15,19H,9-10,13H2,1-2H3,(H,29,32)(H,26,27,28). The average Bonchev–Trinajstić information content (AvgIpc) is 3.53. The number of carbonyl (C=O) groups excluding carboxylic acids is 1. The average molecular weight is 428 g/mol. The van der Waals surface area contributed by atoms with Crippen LogP contribution in [-0.4, -0.2) is 36.5 Å². The molecule has 3 aromatic heterocycles. The minimum absolute atomic E-state index is 0.0239. The van der Waals surface area contributed by atoms with Gasteiger partial charge >= 0.3 is 0 Å². The molecule has 1 fully saturated rings. The van der Waals surface area contributed by atoms with E-state index in [1.807, 2.05) is 42.6 Å². The van der Waals surface area contributed by atoms with Crippen LogP contribution in [0.1, 0.15) is 48.7 Å². The van der Waals surface area contributed by atoms with Crippen molar-refractivity contribution in [2.24, 2.45) is 0 Å². The van der Waals surface area contributed by atoms with Crippen molar-refractivity contribution in [2.75, 3.05) is 5.32 Å². The molecule has 5 rings (SSSR count). The molecule has 0 saturated heterocycles. The summed E-state index contributed by atoms with van der Waals surface area (Å²) in [6.07, 6.45) is 7.28. The molecule has 8 nitrogen and oxygen atoms in total. The molecule has 0 unspecified atom stereocenters. The molecule has 0 atom stereocenters. The first kappa shape index (κ1) is 20.1. The maximum absolute atomic E-state index is 12.3. The van der Waals surface area contributed by atoms with Gasteiger partial charge in [-0.15, -0.1) is 0 Å². The van der Waals surface area contributed by atoms with Gasteiger partial charge in [0.2, 0.25) is 0 Å². The second kappa shape index (κ2) is 8.37. The largest absolute Gasteiger partial charge is 0.364 e. The number of aromatic nitrogens is 5. The SMILES string of the molecule is CC(C)n1c(-c2ccc(C(=O)NC3CC3)cc2)nc2c(NCc3cccnc3)ncnc21. The Morgan fingerprint density at radius 3 is 2.66 bits per heavy atom. The van der Waals surface area contributed by atoms with Gasteiger partial charge in [-0.3, -0.25) is 9.78 Å². The molecule has 0 spiro atoms. The van der Waals surface area contributed by atoms with Gasteiger partial charge in [0.15, 0.2) is 17.0 Å². The number of fused-ring (bicyclic) bond motifs is 1. The van der Waals surface area contributed by atoms with Gasteiger partial charge in [-0.05, 0) is 50.5 Å². The topological polar surface area (TPSA) is 97.6 Å². The van der Waals surface area contributed by atoms with E-state index in [1.165, 1.54) is 0 Å². The molecule has 0 radical (unpaired) electrons. The number of hydrogen-bond donors (Lipinski definition) is 2. The molecular weight excluding hydrogens is 402 g/mol. The number of amides is 1. The maximum atomic E-state index is 12.3. The van der Waals surface area contributed by atoms with Gasteiger partial charge < -0.3 is 15.2 Å². The molecule has 1 aliphatic rings. The lowest BCUT2D eigenvalue weighted by atomic mass is 10.1. The molecule has 8 heteroatoms. The monoisotopic (exact) mass is 427 g/mol. The summed E-state index contributed by atoms with van der Waals surface area (Å²) in [7, 11) is 0. The summed E-state index contributed by atoms with van der Waals surface area (Å²) in [4.78, 5) is 30.3. The Morgan fingerprint density at radius 2 is 1.97 bits per heavy atom. The predicted octanol–water partition coefficient (Wildman–Crippen LogP) is 3.97. The van der Waals surface area contributed by atoms with Crippen LogP contribution in [0.25, 0.3) is 22.6 Å². The minimum Gasteiger partial charge on any atom is -0.364 e. The van der Waals surface area contributed by atoms with Crippen LogP contribution in [0.2, 0.25) is 0 Å². The summed E-state index contributed by atoms with van der Waals surface area (Å²) in [6.45, 7) is 4.80. The number of nitrogens with zero attached hydrogens (tertiary/aromatic N) is 5. The quantitative estimate of drug-likeness (QED) is 0.463. The van der Waals surface area contributed by atoms with Crippen molar-refractivity contribution in [3.05, 3.63) is 66.2 Å². The smallest absolute Gasteiger partial charge is 0.251 e. The normalized spacial score (nSPS) is 13.5. The molecule has 162 valence electrons. The van der Waals surface area contributed by atoms with Crippen molar-refractivity contribution in [1.82, 2.24) is 29.8 Å². The maximum Gasteiger partial charge on any atom is 0.251 e. The summed E-state index contributed by atoms with van der Waals surface area (Å²) in [5.74, 6) is 1.46. The van der Waals surface area contributed by atoms with Gasteiger partial charge in [-0.25, -0.2) is 15.0 Å². The predicted molar refractivity (Wildman–Crippen MR) is 123 cm³/mol. The number of nitrogens with one attached hydrogen (secondary N) is 2. The number of benzene rings is 1. The lowest BCUT2D eigenvalue weighted by molar-refractivity contribution is 0.0951. The van der Waals surface area contributed by atoms with Crippen molar-refractivity contribution in [2.45, 2.75) is 45.3 Å². The Labute approximate surface area is 186 Å². The molecule has 1 aliphatic carbocycles. The molecule has 32 heavy (non-hydrogen) atoms. The van der Waals surface area contributed by atoms with Gasteiger partial charge in [-0.1, -0.05) is 18.2 Å². The highest BCUT2D eigenvalue weighted by atomic mass is 16.1. The van der Waals surface area contributed by atoms with E-state index >= 15 is 0 Å². The molecule has 0 aliphatic heterocycles. The van der Waals surface area contributed by atoms with Crippen LogP contribution >= 0.6 is 0 Å². The zero-order chi connectivity index (χ0) is 22.1. The second-order valence-corrected chi connectivity index (χ2v) is 8.33. The van der Waals surface area contributed by atoms with Crippen LogP contribution in [0, 0.1) is 0 Å². The first-order valence-corrected chi connectivity index (χ1v) is 10.9. The zero-order valence-electron chi connectivity index (χ0n) is 18.1. The van der Waals surface area contributed by atoms with E-state index in [2.05, 4.69) is 44.0 Å². The fraction of sp³-hybridized carbons (Fsp3) is 0.292. The number of pyridine rings is 1. The van der Waals surface area contributed by atoms with Crippen LogP contribution < -0.4 is 10.6 Å². The van der Waals surface area contributed by atoms with Crippen LogP contribution in [0.15, 0.2) is 55.1 Å². The molecule has 2 N–H and O–H groups in total. The molecule has 1 saturated carbocycles. The van der Waals surface area contributed by atoms with E-state index in [1.54, 1.807) is 12.5 Å². The summed E-state index contributed by atoms with van der Waals surface area (Å²) in [5, 5.41) is 6.39. The van der Waals surface area contributed by atoms with E-state index in [-0.39, 0.29) is 11.9 Å². The summed E-state index contributed by atoms with van der Waals surface area (Å²) in [5.41, 5.74) is 4.14. The number of imidazole rings is 1. The van der Waals surface area contributed by atoms with Crippen molar-refractivity contribution < 1.29 is 4.79 Å². The third-order valence-corrected chi connectivity index (χ3v) is 5.49. The van der Waals surface area contributed by atoms with Crippen LogP contribution in [0.5, 0.6) is 0 Å². The highest BCUT2D eigenvalue weighted by molar-refractivity contribution is 5.95. The Balaban J connectivity index is 1.48. The number of rotatable bonds is 7. The van der Waals surface area contributed by atoms with Gasteiger partial charge in [-0.2, -0.15) is 0 Å². The first-order chi connectivity index (χ1) is 15.6. The molecule has 1 aromatic carbocycles. The van der Waals surface area contributed by atoms with Crippen LogP contribution in [-0.2, 0) is 6.54 Å². The molecule has 4 aromatic rings. The van der Waals surface area contributed by atoms with Gasteiger partial charge in [0, 0.05) is 42.1 Å². The Morgan fingerprint density at radius 1 is 1.16 bits per heavy atom. The highest BCUT2D eigenvalue weighted by Crippen LogP contribution is 2.30. The zero-order valence-corrected chi connectivity index (χ0v) is 18.1. The van der Waals surface area contributed by atoms with E-state index < -0.39 is 0 Å². The van der Waals surface area contributed by atoms with Crippen molar-refractivity contribution >= 4 is 22.9 Å². The van der Waals surface area contributed by atoms with Gasteiger partial charge in [0.05, 0.1) is 0 Å². The van der Waals surface area contributed by atoms with E-state index in [4.69, 9.17) is 4.98 Å². The Kier molecular flexibility index (Phi) is 5.26. The van der Waals surface area contributed by atoms with Crippen molar-refractivity contribution in [3.8, 4) is 11.4 Å². The lowest BCUT2D eigenvalue weighted by Crippen LogP contribution is -2.25. The Hall–Kier alpha value is -3.81. The fourth-order valence-electron chi connectivity index (χ4n) is 3.69.